The predicted octanol–water partition coefficient (Wildman–Crippen LogP) is 3.41. The minimum Gasteiger partial charge on any atom is -0.452 e. The summed E-state index contributed by atoms with van der Waals surface area (Å²) in [5, 5.41) is 8.79. The lowest BCUT2D eigenvalue weighted by molar-refractivity contribution is -0.121. The van der Waals surface area contributed by atoms with Gasteiger partial charge in [-0.15, -0.1) is 0 Å². The number of carbonyl (C=O) groups excluding carboxylic acids is 2. The summed E-state index contributed by atoms with van der Waals surface area (Å²) >= 11 is 0. The molecule has 0 heterocycles. The highest BCUT2D eigenvalue weighted by molar-refractivity contribution is 5.97. The Balaban J connectivity index is 2.04. The van der Waals surface area contributed by atoms with Gasteiger partial charge in [0, 0.05) is 12.2 Å². The molecule has 0 bridgehead atoms. The maximum atomic E-state index is 12.4. The first-order valence-electron chi connectivity index (χ1n) is 7.99. The lowest BCUT2D eigenvalue weighted by Crippen LogP contribution is -2.35. The molecule has 128 valence electrons. The zero-order valence-electron chi connectivity index (χ0n) is 14.4. The van der Waals surface area contributed by atoms with Crippen molar-refractivity contribution in [2.24, 2.45) is 0 Å². The minimum absolute atomic E-state index is 0.200. The number of carbonyl (C=O) groups is 2. The molecule has 2 aromatic carbocycles. The molecule has 0 radical (unpaired) electrons. The highest BCUT2D eigenvalue weighted by Gasteiger charge is 2.18. The van der Waals surface area contributed by atoms with Crippen molar-refractivity contribution >= 4 is 17.6 Å². The Morgan fingerprint density at radius 1 is 1.08 bits per heavy atom. The molecule has 0 fully saturated rings. The van der Waals surface area contributed by atoms with Gasteiger partial charge in [0.15, 0.2) is 6.61 Å². The van der Waals surface area contributed by atoms with Crippen LogP contribution in [0.4, 0.5) is 5.69 Å². The number of para-hydroxylation sites is 1. The molecule has 0 aliphatic heterocycles. The standard InChI is InChI=1S/C20H20N2O3/c1-15-9-10-17(13-16(15)2)20(24)25-14-19(23)22(12-6-11-21)18-7-4-3-5-8-18/h3-5,7-10,13H,6,12,14H2,1-2H3. The largest absolute Gasteiger partial charge is 0.452 e. The Morgan fingerprint density at radius 3 is 2.44 bits per heavy atom. The van der Waals surface area contributed by atoms with E-state index in [9.17, 15) is 9.59 Å². The predicted molar refractivity (Wildman–Crippen MR) is 95.2 cm³/mol. The summed E-state index contributed by atoms with van der Waals surface area (Å²) in [5.74, 6) is -0.900. The van der Waals surface area contributed by atoms with Crippen LogP contribution in [-0.2, 0) is 9.53 Å². The Kier molecular flexibility index (Phi) is 6.30. The monoisotopic (exact) mass is 336 g/mol. The number of aryl methyl sites for hydroxylation is 2. The van der Waals surface area contributed by atoms with E-state index in [1.807, 2.05) is 44.2 Å². The highest BCUT2D eigenvalue weighted by atomic mass is 16.5. The molecule has 2 aromatic rings. The Morgan fingerprint density at radius 2 is 1.80 bits per heavy atom. The molecular formula is C20H20N2O3. The van der Waals surface area contributed by atoms with E-state index in [4.69, 9.17) is 10.00 Å². The molecule has 0 saturated heterocycles. The molecule has 0 aliphatic carbocycles. The number of hydrogen-bond acceptors (Lipinski definition) is 4. The number of nitrogens with zero attached hydrogens (tertiary/aromatic N) is 2. The number of rotatable bonds is 6. The van der Waals surface area contributed by atoms with E-state index in [-0.39, 0.29) is 25.5 Å². The van der Waals surface area contributed by atoms with Gasteiger partial charge in [-0.2, -0.15) is 5.26 Å². The van der Waals surface area contributed by atoms with Crippen LogP contribution in [0.15, 0.2) is 48.5 Å². The van der Waals surface area contributed by atoms with Crippen molar-refractivity contribution < 1.29 is 14.3 Å². The first-order valence-corrected chi connectivity index (χ1v) is 7.99. The van der Waals surface area contributed by atoms with E-state index in [2.05, 4.69) is 0 Å². The lowest BCUT2D eigenvalue weighted by atomic mass is 10.1. The quantitative estimate of drug-likeness (QED) is 0.758. The number of anilines is 1. The molecule has 0 aliphatic rings. The maximum absolute atomic E-state index is 12.4. The van der Waals surface area contributed by atoms with Crippen molar-refractivity contribution in [1.29, 1.82) is 5.26 Å². The van der Waals surface area contributed by atoms with Gasteiger partial charge in [-0.1, -0.05) is 24.3 Å². The molecule has 2 rings (SSSR count). The Bertz CT molecular complexity index is 794. The summed E-state index contributed by atoms with van der Waals surface area (Å²) in [6.45, 7) is 3.75. The number of esters is 1. The molecule has 0 atom stereocenters. The molecule has 5 heteroatoms. The van der Waals surface area contributed by atoms with Crippen LogP contribution in [0.1, 0.15) is 27.9 Å². The normalized spacial score (nSPS) is 9.96. The Labute approximate surface area is 147 Å². The fourth-order valence-corrected chi connectivity index (χ4v) is 2.32. The van der Waals surface area contributed by atoms with Gasteiger partial charge in [0.2, 0.25) is 0 Å². The minimum atomic E-state index is -0.537. The van der Waals surface area contributed by atoms with E-state index in [0.29, 0.717) is 11.3 Å². The van der Waals surface area contributed by atoms with Gasteiger partial charge in [0.1, 0.15) is 0 Å². The number of benzene rings is 2. The van der Waals surface area contributed by atoms with E-state index < -0.39 is 5.97 Å². The van der Waals surface area contributed by atoms with Crippen molar-refractivity contribution in [1.82, 2.24) is 0 Å². The van der Waals surface area contributed by atoms with E-state index in [0.717, 1.165) is 11.1 Å². The van der Waals surface area contributed by atoms with Crippen LogP contribution in [0.2, 0.25) is 0 Å². The second-order valence-electron chi connectivity index (χ2n) is 5.66. The molecule has 0 spiro atoms. The average molecular weight is 336 g/mol. The van der Waals surface area contributed by atoms with Crippen molar-refractivity contribution in [2.45, 2.75) is 20.3 Å². The molecule has 0 aromatic heterocycles. The van der Waals surface area contributed by atoms with Gasteiger partial charge in [0.05, 0.1) is 18.1 Å². The number of nitriles is 1. The second kappa shape index (κ2) is 8.65. The van der Waals surface area contributed by atoms with Crippen LogP contribution in [0.5, 0.6) is 0 Å². The van der Waals surface area contributed by atoms with Crippen molar-refractivity contribution in [3.63, 3.8) is 0 Å². The first kappa shape index (κ1) is 18.2. The zero-order valence-corrected chi connectivity index (χ0v) is 14.4. The van der Waals surface area contributed by atoms with Crippen LogP contribution in [0.3, 0.4) is 0 Å². The number of ether oxygens (including phenoxy) is 1. The lowest BCUT2D eigenvalue weighted by Gasteiger charge is -2.21. The number of amides is 1. The molecule has 0 N–H and O–H groups in total. The van der Waals surface area contributed by atoms with Gasteiger partial charge in [0.25, 0.3) is 5.91 Å². The fraction of sp³-hybridized carbons (Fsp3) is 0.250. The first-order chi connectivity index (χ1) is 12.0. The van der Waals surface area contributed by atoms with E-state index in [1.165, 1.54) is 4.90 Å². The summed E-state index contributed by atoms with van der Waals surface area (Å²) in [7, 11) is 0. The van der Waals surface area contributed by atoms with Gasteiger partial charge in [-0.25, -0.2) is 4.79 Å². The third-order valence-electron chi connectivity index (χ3n) is 3.89. The molecule has 0 unspecified atom stereocenters. The van der Waals surface area contributed by atoms with E-state index in [1.54, 1.807) is 24.3 Å². The second-order valence-corrected chi connectivity index (χ2v) is 5.66. The Hall–Kier alpha value is -3.13. The molecule has 1 amide bonds. The summed E-state index contributed by atoms with van der Waals surface area (Å²) in [4.78, 5) is 26.0. The molecule has 0 saturated carbocycles. The summed E-state index contributed by atoms with van der Waals surface area (Å²) in [5.41, 5.74) is 3.16. The van der Waals surface area contributed by atoms with Crippen LogP contribution >= 0.6 is 0 Å². The van der Waals surface area contributed by atoms with Crippen molar-refractivity contribution in [2.75, 3.05) is 18.1 Å². The smallest absolute Gasteiger partial charge is 0.338 e. The highest BCUT2D eigenvalue weighted by Crippen LogP contribution is 2.15. The zero-order chi connectivity index (χ0) is 18.2. The summed E-state index contributed by atoms with van der Waals surface area (Å²) in [6.07, 6.45) is 0.200. The molecular weight excluding hydrogens is 316 g/mol. The van der Waals surface area contributed by atoms with Crippen LogP contribution < -0.4 is 4.90 Å². The van der Waals surface area contributed by atoms with Crippen LogP contribution in [0.25, 0.3) is 0 Å². The molecule has 25 heavy (non-hydrogen) atoms. The van der Waals surface area contributed by atoms with Crippen LogP contribution in [-0.4, -0.2) is 25.0 Å². The van der Waals surface area contributed by atoms with Gasteiger partial charge in [-0.05, 0) is 49.2 Å². The fourth-order valence-electron chi connectivity index (χ4n) is 2.32. The van der Waals surface area contributed by atoms with Gasteiger partial charge < -0.3 is 9.64 Å². The van der Waals surface area contributed by atoms with Crippen molar-refractivity contribution in [3.8, 4) is 6.07 Å². The third-order valence-corrected chi connectivity index (χ3v) is 3.89. The topological polar surface area (TPSA) is 70.4 Å². The third kappa shape index (κ3) is 4.92. The summed E-state index contributed by atoms with van der Waals surface area (Å²) in [6, 6.07) is 16.3. The van der Waals surface area contributed by atoms with Crippen molar-refractivity contribution in [3.05, 3.63) is 65.2 Å². The van der Waals surface area contributed by atoms with Gasteiger partial charge in [-0.3, -0.25) is 4.79 Å². The SMILES string of the molecule is Cc1ccc(C(=O)OCC(=O)N(CCC#N)c2ccccc2)cc1C. The number of hydrogen-bond donors (Lipinski definition) is 0. The summed E-state index contributed by atoms with van der Waals surface area (Å²) < 4.78 is 5.15. The van der Waals surface area contributed by atoms with Crippen LogP contribution in [0, 0.1) is 25.2 Å². The van der Waals surface area contributed by atoms with E-state index >= 15 is 0 Å². The maximum Gasteiger partial charge on any atom is 0.338 e. The average Bonchev–Trinajstić information content (AvgIpc) is 2.63. The van der Waals surface area contributed by atoms with Gasteiger partial charge >= 0.3 is 5.97 Å². The molecule has 5 nitrogen and oxygen atoms in total.